The third-order valence-electron chi connectivity index (χ3n) is 3.48. The van der Waals surface area contributed by atoms with E-state index in [2.05, 4.69) is 79.5 Å². The second-order valence-electron chi connectivity index (χ2n) is 4.83. The number of benzene rings is 3. The molecule has 19 heavy (non-hydrogen) atoms. The van der Waals surface area contributed by atoms with Crippen LogP contribution in [0.5, 0.6) is 0 Å². The summed E-state index contributed by atoms with van der Waals surface area (Å²) in [5, 5.41) is 4.22. The lowest BCUT2D eigenvalue weighted by molar-refractivity contribution is 1.44. The van der Waals surface area contributed by atoms with Crippen LogP contribution in [0.4, 0.5) is 0 Å². The van der Waals surface area contributed by atoms with E-state index in [1.165, 1.54) is 21.6 Å². The molecule has 0 amide bonds. The van der Waals surface area contributed by atoms with Crippen molar-refractivity contribution in [2.45, 2.75) is 6.16 Å². The first-order valence-corrected chi connectivity index (χ1v) is 8.55. The van der Waals surface area contributed by atoms with E-state index >= 15 is 0 Å². The molecule has 1 atom stereocenters. The summed E-state index contributed by atoms with van der Waals surface area (Å²) < 4.78 is 0. The Hall–Kier alpha value is -1.65. The van der Waals surface area contributed by atoms with Crippen LogP contribution in [0.2, 0.25) is 0 Å². The van der Waals surface area contributed by atoms with Gasteiger partial charge < -0.3 is 0 Å². The van der Waals surface area contributed by atoms with Crippen LogP contribution in [0, 0.1) is 0 Å². The van der Waals surface area contributed by atoms with E-state index in [0.29, 0.717) is 0 Å². The van der Waals surface area contributed by atoms with Gasteiger partial charge in [0.05, 0.1) is 0 Å². The van der Waals surface area contributed by atoms with Crippen molar-refractivity contribution in [3.8, 4) is 0 Å². The minimum atomic E-state index is -0.125. The van der Waals surface area contributed by atoms with E-state index in [9.17, 15) is 0 Å². The second kappa shape index (κ2) is 5.55. The summed E-state index contributed by atoms with van der Waals surface area (Å²) >= 11 is 0. The van der Waals surface area contributed by atoms with Gasteiger partial charge >= 0.3 is 0 Å². The zero-order chi connectivity index (χ0) is 13.1. The van der Waals surface area contributed by atoms with Crippen LogP contribution in [-0.2, 0) is 6.16 Å². The number of fused-ring (bicyclic) bond motifs is 1. The molecule has 0 N–H and O–H groups in total. The molecule has 0 aliphatic carbocycles. The standard InChI is InChI=1S/C18H17P/c1-19(17-11-3-2-4-12-17)14-16-10-7-9-15-8-5-6-13-18(15)16/h2-13H,14H2,1H3. The van der Waals surface area contributed by atoms with E-state index < -0.39 is 0 Å². The molecule has 0 spiro atoms. The van der Waals surface area contributed by atoms with Crippen molar-refractivity contribution in [1.29, 1.82) is 0 Å². The SMILES string of the molecule is CP(Cc1cccc2ccccc12)c1ccccc1. The van der Waals surface area contributed by atoms with Gasteiger partial charge in [0.25, 0.3) is 0 Å². The third kappa shape index (κ3) is 2.69. The Morgan fingerprint density at radius 1 is 0.737 bits per heavy atom. The normalized spacial score (nSPS) is 12.5. The first-order valence-electron chi connectivity index (χ1n) is 6.57. The summed E-state index contributed by atoms with van der Waals surface area (Å²) in [6, 6.07) is 26.2. The Morgan fingerprint density at radius 3 is 2.26 bits per heavy atom. The summed E-state index contributed by atoms with van der Waals surface area (Å²) in [5.74, 6) is 0. The molecule has 0 saturated heterocycles. The fourth-order valence-corrected chi connectivity index (χ4v) is 4.11. The van der Waals surface area contributed by atoms with Crippen molar-refractivity contribution in [3.05, 3.63) is 78.4 Å². The number of rotatable bonds is 3. The van der Waals surface area contributed by atoms with Crippen LogP contribution < -0.4 is 5.30 Å². The third-order valence-corrected chi connectivity index (χ3v) is 5.48. The molecule has 0 bridgehead atoms. The van der Waals surface area contributed by atoms with Crippen molar-refractivity contribution >= 4 is 24.0 Å². The minimum Gasteiger partial charge on any atom is -0.0740 e. The maximum absolute atomic E-state index is 2.37. The molecule has 94 valence electrons. The highest BCUT2D eigenvalue weighted by molar-refractivity contribution is 7.64. The summed E-state index contributed by atoms with van der Waals surface area (Å²) in [6.07, 6.45) is 1.15. The van der Waals surface area contributed by atoms with Gasteiger partial charge in [0, 0.05) is 0 Å². The average molecular weight is 264 g/mol. The van der Waals surface area contributed by atoms with E-state index in [1.807, 2.05) is 0 Å². The van der Waals surface area contributed by atoms with Gasteiger partial charge in [-0.05, 0) is 34.5 Å². The Bertz CT molecular complexity index is 668. The molecule has 0 saturated carbocycles. The van der Waals surface area contributed by atoms with E-state index in [4.69, 9.17) is 0 Å². The number of hydrogen-bond acceptors (Lipinski definition) is 0. The smallest absolute Gasteiger partial charge is 0.00291 e. The topological polar surface area (TPSA) is 0 Å². The summed E-state index contributed by atoms with van der Waals surface area (Å²) in [7, 11) is -0.125. The van der Waals surface area contributed by atoms with Crippen LogP contribution in [-0.4, -0.2) is 6.66 Å². The summed E-state index contributed by atoms with van der Waals surface area (Å²) in [6.45, 7) is 2.37. The largest absolute Gasteiger partial charge is 0.0740 e. The molecular formula is C18H17P. The van der Waals surface area contributed by atoms with Crippen LogP contribution in [0.15, 0.2) is 72.8 Å². The first kappa shape index (κ1) is 12.4. The van der Waals surface area contributed by atoms with Gasteiger partial charge in [-0.2, -0.15) is 0 Å². The second-order valence-corrected chi connectivity index (χ2v) is 7.06. The van der Waals surface area contributed by atoms with E-state index in [0.717, 1.165) is 6.16 Å². The Labute approximate surface area is 115 Å². The highest BCUT2D eigenvalue weighted by Gasteiger charge is 2.07. The highest BCUT2D eigenvalue weighted by Crippen LogP contribution is 2.36. The van der Waals surface area contributed by atoms with Crippen molar-refractivity contribution in [3.63, 3.8) is 0 Å². The molecule has 1 heteroatoms. The van der Waals surface area contributed by atoms with Crippen LogP contribution in [0.3, 0.4) is 0 Å². The minimum absolute atomic E-state index is 0.125. The predicted octanol–water partition coefficient (Wildman–Crippen LogP) is 4.78. The molecule has 1 unspecified atom stereocenters. The van der Waals surface area contributed by atoms with Gasteiger partial charge in [0.15, 0.2) is 0 Å². The lowest BCUT2D eigenvalue weighted by Gasteiger charge is -2.14. The highest BCUT2D eigenvalue weighted by atomic mass is 31.1. The molecule has 0 radical (unpaired) electrons. The zero-order valence-corrected chi connectivity index (χ0v) is 12.0. The monoisotopic (exact) mass is 264 g/mol. The maximum Gasteiger partial charge on any atom is -0.00291 e. The molecular weight excluding hydrogens is 247 g/mol. The van der Waals surface area contributed by atoms with E-state index in [-0.39, 0.29) is 7.92 Å². The van der Waals surface area contributed by atoms with Gasteiger partial charge in [-0.25, -0.2) is 0 Å². The van der Waals surface area contributed by atoms with E-state index in [1.54, 1.807) is 0 Å². The molecule has 0 fully saturated rings. The van der Waals surface area contributed by atoms with Gasteiger partial charge in [0.2, 0.25) is 0 Å². The van der Waals surface area contributed by atoms with Crippen LogP contribution in [0.25, 0.3) is 10.8 Å². The Balaban J connectivity index is 1.94. The van der Waals surface area contributed by atoms with Crippen molar-refractivity contribution < 1.29 is 0 Å². The molecule has 0 aromatic heterocycles. The molecule has 0 heterocycles. The van der Waals surface area contributed by atoms with Crippen LogP contribution in [0.1, 0.15) is 5.56 Å². The Morgan fingerprint density at radius 2 is 1.42 bits per heavy atom. The molecule has 0 aliphatic rings. The molecule has 0 aliphatic heterocycles. The lowest BCUT2D eigenvalue weighted by atomic mass is 10.1. The van der Waals surface area contributed by atoms with Gasteiger partial charge in [-0.3, -0.25) is 0 Å². The van der Waals surface area contributed by atoms with Crippen molar-refractivity contribution in [2.24, 2.45) is 0 Å². The molecule has 0 nitrogen and oxygen atoms in total. The van der Waals surface area contributed by atoms with Gasteiger partial charge in [-0.15, -0.1) is 0 Å². The zero-order valence-electron chi connectivity index (χ0n) is 11.1. The van der Waals surface area contributed by atoms with Crippen LogP contribution >= 0.6 is 7.92 Å². The van der Waals surface area contributed by atoms with Crippen molar-refractivity contribution in [1.82, 2.24) is 0 Å². The maximum atomic E-state index is 2.37. The molecule has 3 rings (SSSR count). The fraction of sp³-hybridized carbons (Fsp3) is 0.111. The fourth-order valence-electron chi connectivity index (χ4n) is 2.46. The van der Waals surface area contributed by atoms with Crippen molar-refractivity contribution in [2.75, 3.05) is 6.66 Å². The average Bonchev–Trinajstić information content (AvgIpc) is 2.48. The van der Waals surface area contributed by atoms with Gasteiger partial charge in [0.1, 0.15) is 0 Å². The van der Waals surface area contributed by atoms with Gasteiger partial charge in [-0.1, -0.05) is 80.7 Å². The summed E-state index contributed by atoms with van der Waals surface area (Å²) in [5.41, 5.74) is 1.47. The molecule has 3 aromatic carbocycles. The predicted molar refractivity (Wildman–Crippen MR) is 86.6 cm³/mol. The summed E-state index contributed by atoms with van der Waals surface area (Å²) in [4.78, 5) is 0. The number of hydrogen-bond donors (Lipinski definition) is 0. The molecule has 3 aromatic rings. The Kier molecular flexibility index (Phi) is 3.62. The first-order chi connectivity index (χ1) is 9.34. The lowest BCUT2D eigenvalue weighted by Crippen LogP contribution is -2.00. The quantitative estimate of drug-likeness (QED) is 0.597.